The monoisotopic (exact) mass is 552 g/mol. The lowest BCUT2D eigenvalue weighted by atomic mass is 9.76. The molecule has 8 nitrogen and oxygen atoms in total. The van der Waals surface area contributed by atoms with Crippen molar-refractivity contribution >= 4 is 34.9 Å². The molecular weight excluding hydrogens is 508 g/mol. The minimum absolute atomic E-state index is 0.0272. The Morgan fingerprint density at radius 3 is 1.32 bits per heavy atom. The third-order valence-electron chi connectivity index (χ3n) is 7.82. The van der Waals surface area contributed by atoms with Crippen molar-refractivity contribution in [3.05, 3.63) is 47.8 Å². The molecule has 0 aromatic heterocycles. The van der Waals surface area contributed by atoms with Crippen LogP contribution < -0.4 is 9.80 Å². The molecule has 0 amide bonds. The van der Waals surface area contributed by atoms with Crippen LogP contribution in [0.2, 0.25) is 0 Å². The number of hydrogen-bond donors (Lipinski definition) is 0. The van der Waals surface area contributed by atoms with Crippen molar-refractivity contribution in [1.82, 2.24) is 0 Å². The van der Waals surface area contributed by atoms with Crippen LogP contribution in [-0.2, 0) is 28.7 Å². The number of esters is 2. The van der Waals surface area contributed by atoms with Gasteiger partial charge in [-0.2, -0.15) is 0 Å². The van der Waals surface area contributed by atoms with Gasteiger partial charge in [-0.15, -0.1) is 0 Å². The molecule has 1 aromatic carbocycles. The van der Waals surface area contributed by atoms with Gasteiger partial charge in [0, 0.05) is 60.9 Å². The van der Waals surface area contributed by atoms with Gasteiger partial charge < -0.3 is 19.3 Å². The number of carbonyl (C=O) groups excluding carboxylic acids is 4. The van der Waals surface area contributed by atoms with E-state index in [1.54, 1.807) is 13.8 Å². The summed E-state index contributed by atoms with van der Waals surface area (Å²) in [5.74, 6) is -0.755. The standard InChI is InChI=1S/C32H44N2O6/c1-7-39-29(37)15-13-27(35)25-21-33(19-17-31(25,3)4)23-9-11-24(12-10-23)34-20-18-32(5,6)26(22-34)28(36)14-16-30(38)40-8-2/h9-12,21-22H,7-8,13-20H2,1-6H3. The topological polar surface area (TPSA) is 93.2 Å². The Bertz CT molecular complexity index is 1070. The first-order valence-electron chi connectivity index (χ1n) is 14.3. The van der Waals surface area contributed by atoms with E-state index >= 15 is 0 Å². The largest absolute Gasteiger partial charge is 0.466 e. The van der Waals surface area contributed by atoms with Gasteiger partial charge in [0.05, 0.1) is 26.1 Å². The van der Waals surface area contributed by atoms with Gasteiger partial charge >= 0.3 is 11.9 Å². The second-order valence-corrected chi connectivity index (χ2v) is 11.7. The van der Waals surface area contributed by atoms with Gasteiger partial charge in [-0.05, 0) is 61.8 Å². The van der Waals surface area contributed by atoms with Crippen molar-refractivity contribution in [1.29, 1.82) is 0 Å². The quantitative estimate of drug-likeness (QED) is 0.303. The van der Waals surface area contributed by atoms with E-state index in [2.05, 4.69) is 37.5 Å². The first kappa shape index (κ1) is 31.1. The highest BCUT2D eigenvalue weighted by Crippen LogP contribution is 2.39. The van der Waals surface area contributed by atoms with Crippen LogP contribution in [0.4, 0.5) is 11.4 Å². The van der Waals surface area contributed by atoms with Crippen molar-refractivity contribution in [2.75, 3.05) is 36.1 Å². The summed E-state index contributed by atoms with van der Waals surface area (Å²) in [6.07, 6.45) is 5.93. The van der Waals surface area contributed by atoms with E-state index in [4.69, 9.17) is 9.47 Å². The Labute approximate surface area is 238 Å². The van der Waals surface area contributed by atoms with E-state index in [1.165, 1.54) is 0 Å². The van der Waals surface area contributed by atoms with E-state index in [1.807, 2.05) is 36.7 Å². The molecule has 40 heavy (non-hydrogen) atoms. The summed E-state index contributed by atoms with van der Waals surface area (Å²) in [4.78, 5) is 53.8. The first-order valence-corrected chi connectivity index (χ1v) is 14.3. The fraction of sp³-hybridized carbons (Fsp3) is 0.562. The Kier molecular flexibility index (Phi) is 10.3. The molecule has 0 N–H and O–H groups in total. The summed E-state index contributed by atoms with van der Waals surface area (Å²) < 4.78 is 9.96. The average Bonchev–Trinajstić information content (AvgIpc) is 2.90. The Morgan fingerprint density at radius 2 is 1.00 bits per heavy atom. The molecule has 0 aliphatic carbocycles. The van der Waals surface area contributed by atoms with Crippen LogP contribution in [0, 0.1) is 10.8 Å². The van der Waals surface area contributed by atoms with Gasteiger partial charge in [-0.25, -0.2) is 0 Å². The predicted octanol–water partition coefficient (Wildman–Crippen LogP) is 5.75. The van der Waals surface area contributed by atoms with Gasteiger partial charge in [0.2, 0.25) is 0 Å². The van der Waals surface area contributed by atoms with Crippen LogP contribution in [0.15, 0.2) is 47.8 Å². The van der Waals surface area contributed by atoms with Crippen LogP contribution in [0.1, 0.15) is 80.1 Å². The molecular formula is C32H44N2O6. The molecule has 2 aliphatic heterocycles. The van der Waals surface area contributed by atoms with Crippen LogP contribution >= 0.6 is 0 Å². The van der Waals surface area contributed by atoms with Gasteiger partial charge in [-0.1, -0.05) is 27.7 Å². The minimum atomic E-state index is -0.350. The van der Waals surface area contributed by atoms with Crippen molar-refractivity contribution in [2.24, 2.45) is 10.8 Å². The van der Waals surface area contributed by atoms with Gasteiger partial charge in [0.25, 0.3) is 0 Å². The van der Waals surface area contributed by atoms with Gasteiger partial charge in [0.15, 0.2) is 11.6 Å². The number of carbonyl (C=O) groups is 4. The lowest BCUT2D eigenvalue weighted by molar-refractivity contribution is -0.144. The van der Waals surface area contributed by atoms with Gasteiger partial charge in [-0.3, -0.25) is 19.2 Å². The molecule has 1 aromatic rings. The van der Waals surface area contributed by atoms with Crippen molar-refractivity contribution in [3.63, 3.8) is 0 Å². The molecule has 0 radical (unpaired) electrons. The lowest BCUT2D eigenvalue weighted by Gasteiger charge is -2.38. The fourth-order valence-electron chi connectivity index (χ4n) is 5.17. The molecule has 0 fully saturated rings. The third kappa shape index (κ3) is 7.83. The summed E-state index contributed by atoms with van der Waals surface area (Å²) in [5, 5.41) is 0. The molecule has 218 valence electrons. The number of ketones is 2. The summed E-state index contributed by atoms with van der Waals surface area (Å²) in [5.41, 5.74) is 2.84. The van der Waals surface area contributed by atoms with E-state index in [9.17, 15) is 19.2 Å². The number of benzene rings is 1. The van der Waals surface area contributed by atoms with E-state index < -0.39 is 0 Å². The summed E-state index contributed by atoms with van der Waals surface area (Å²) in [6, 6.07) is 8.11. The summed E-state index contributed by atoms with van der Waals surface area (Å²) >= 11 is 0. The zero-order valence-corrected chi connectivity index (χ0v) is 24.9. The molecule has 0 saturated carbocycles. The molecule has 0 bridgehead atoms. The normalized spacial score (nSPS) is 17.9. The number of allylic oxidation sites excluding steroid dienone is 2. The summed E-state index contributed by atoms with van der Waals surface area (Å²) in [6.45, 7) is 13.9. The van der Waals surface area contributed by atoms with E-state index in [0.29, 0.717) is 13.2 Å². The van der Waals surface area contributed by atoms with E-state index in [0.717, 1.165) is 48.5 Å². The number of nitrogens with zero attached hydrogens (tertiary/aromatic N) is 2. The molecule has 8 heteroatoms. The molecule has 0 unspecified atom stereocenters. The first-order chi connectivity index (χ1) is 18.9. The number of Topliss-reactive ketones (excluding diaryl/α,β-unsaturated/α-hetero) is 2. The van der Waals surface area contributed by atoms with Crippen molar-refractivity contribution < 1.29 is 28.7 Å². The second kappa shape index (κ2) is 13.3. The highest BCUT2D eigenvalue weighted by Gasteiger charge is 2.34. The maximum Gasteiger partial charge on any atom is 0.306 e. The Morgan fingerprint density at radius 1 is 0.650 bits per heavy atom. The molecule has 2 heterocycles. The highest BCUT2D eigenvalue weighted by molar-refractivity contribution is 5.99. The van der Waals surface area contributed by atoms with Crippen LogP contribution in [-0.4, -0.2) is 49.8 Å². The molecule has 2 aliphatic rings. The number of rotatable bonds is 12. The predicted molar refractivity (Wildman–Crippen MR) is 156 cm³/mol. The maximum atomic E-state index is 13.0. The Hall–Kier alpha value is -3.42. The molecule has 0 atom stereocenters. The average molecular weight is 553 g/mol. The molecule has 0 saturated heterocycles. The summed E-state index contributed by atoms with van der Waals surface area (Å²) in [7, 11) is 0. The van der Waals surface area contributed by atoms with Crippen molar-refractivity contribution in [2.45, 2.75) is 80.1 Å². The lowest BCUT2D eigenvalue weighted by Crippen LogP contribution is -2.35. The minimum Gasteiger partial charge on any atom is -0.466 e. The number of anilines is 2. The molecule has 0 spiro atoms. The fourth-order valence-corrected chi connectivity index (χ4v) is 5.17. The maximum absolute atomic E-state index is 13.0. The highest BCUT2D eigenvalue weighted by atomic mass is 16.5. The zero-order chi connectivity index (χ0) is 29.5. The van der Waals surface area contributed by atoms with E-state index in [-0.39, 0.29) is 60.0 Å². The second-order valence-electron chi connectivity index (χ2n) is 11.7. The Balaban J connectivity index is 1.75. The third-order valence-corrected chi connectivity index (χ3v) is 7.82. The van der Waals surface area contributed by atoms with Gasteiger partial charge in [0.1, 0.15) is 0 Å². The van der Waals surface area contributed by atoms with Crippen LogP contribution in [0.3, 0.4) is 0 Å². The van der Waals surface area contributed by atoms with Crippen molar-refractivity contribution in [3.8, 4) is 0 Å². The van der Waals surface area contributed by atoms with Crippen LogP contribution in [0.5, 0.6) is 0 Å². The number of ether oxygens (including phenoxy) is 2. The zero-order valence-electron chi connectivity index (χ0n) is 24.9. The van der Waals surface area contributed by atoms with Crippen LogP contribution in [0.25, 0.3) is 0 Å². The smallest absolute Gasteiger partial charge is 0.306 e. The number of hydrogen-bond acceptors (Lipinski definition) is 8. The SMILES string of the molecule is CCOC(=O)CCC(=O)C1=CN(c2ccc(N3C=C(C(=O)CCC(=O)OCC)C(C)(C)CC3)cc2)CCC1(C)C. The molecule has 3 rings (SSSR count).